The Kier molecular flexibility index (Phi) is 4.78. The molecule has 2 rings (SSSR count). The van der Waals surface area contributed by atoms with Crippen LogP contribution in [0.3, 0.4) is 0 Å². The number of rotatable bonds is 5. The summed E-state index contributed by atoms with van der Waals surface area (Å²) >= 11 is 0. The number of hydrogen-bond donors (Lipinski definition) is 2. The van der Waals surface area contributed by atoms with Crippen LogP contribution >= 0.6 is 0 Å². The summed E-state index contributed by atoms with van der Waals surface area (Å²) in [5.41, 5.74) is 5.76. The van der Waals surface area contributed by atoms with E-state index in [9.17, 15) is 21.6 Å². The average molecular weight is 362 g/mol. The lowest BCUT2D eigenvalue weighted by Crippen LogP contribution is -2.17. The first kappa shape index (κ1) is 17.7. The summed E-state index contributed by atoms with van der Waals surface area (Å²) in [6.07, 6.45) is -4.88. The molecule has 10 heteroatoms. The van der Waals surface area contributed by atoms with Crippen LogP contribution < -0.4 is 19.9 Å². The number of hydrogen-bond acceptors (Lipinski definition) is 5. The standard InChI is InChI=1S/C14H13F3N2O4S/c1-22-12-7-9(18)5-6-13(12)24(20,21)19-10-3-2-4-11(8-10)23-14(15,16)17/h2-8,19H,18H2,1H3. The van der Waals surface area contributed by atoms with Gasteiger partial charge in [0.25, 0.3) is 10.0 Å². The summed E-state index contributed by atoms with van der Waals surface area (Å²) in [4.78, 5) is -0.207. The maximum atomic E-state index is 12.4. The van der Waals surface area contributed by atoms with E-state index in [0.717, 1.165) is 12.1 Å². The average Bonchev–Trinajstić information content (AvgIpc) is 2.44. The Bertz CT molecular complexity index is 838. The molecule has 3 N–H and O–H groups in total. The molecule has 24 heavy (non-hydrogen) atoms. The smallest absolute Gasteiger partial charge is 0.495 e. The number of sulfonamides is 1. The molecule has 0 fully saturated rings. The van der Waals surface area contributed by atoms with Crippen molar-refractivity contribution in [2.24, 2.45) is 0 Å². The highest BCUT2D eigenvalue weighted by atomic mass is 32.2. The summed E-state index contributed by atoms with van der Waals surface area (Å²) in [5.74, 6) is -0.544. The number of alkyl halides is 3. The molecule has 6 nitrogen and oxygen atoms in total. The molecule has 0 amide bonds. The van der Waals surface area contributed by atoms with E-state index in [1.807, 2.05) is 0 Å². The van der Waals surface area contributed by atoms with Crippen LogP contribution in [0.4, 0.5) is 24.5 Å². The molecule has 0 aliphatic heterocycles. The molecule has 0 bridgehead atoms. The molecule has 0 spiro atoms. The number of nitrogens with two attached hydrogens (primary N) is 1. The number of halogens is 3. The quantitative estimate of drug-likeness (QED) is 0.798. The van der Waals surface area contributed by atoms with Crippen molar-refractivity contribution in [1.82, 2.24) is 0 Å². The first-order valence-corrected chi connectivity index (χ1v) is 7.91. The van der Waals surface area contributed by atoms with Gasteiger partial charge in [0.15, 0.2) is 0 Å². The zero-order valence-corrected chi connectivity index (χ0v) is 13.1. The molecule has 0 aromatic heterocycles. The fourth-order valence-corrected chi connectivity index (χ4v) is 3.07. The van der Waals surface area contributed by atoms with Crippen molar-refractivity contribution in [2.75, 3.05) is 17.6 Å². The summed E-state index contributed by atoms with van der Waals surface area (Å²) in [6.45, 7) is 0. The first-order valence-electron chi connectivity index (χ1n) is 6.43. The molecule has 0 saturated carbocycles. The van der Waals surface area contributed by atoms with Gasteiger partial charge in [0.2, 0.25) is 0 Å². The maximum absolute atomic E-state index is 12.4. The molecule has 0 heterocycles. The minimum Gasteiger partial charge on any atom is -0.495 e. The monoisotopic (exact) mass is 362 g/mol. The molecule has 0 aliphatic carbocycles. The molecular weight excluding hydrogens is 349 g/mol. The lowest BCUT2D eigenvalue weighted by Gasteiger charge is -2.13. The van der Waals surface area contributed by atoms with Crippen molar-refractivity contribution in [3.05, 3.63) is 42.5 Å². The molecule has 0 unspecified atom stereocenters. The van der Waals surface area contributed by atoms with E-state index >= 15 is 0 Å². The van der Waals surface area contributed by atoms with Crippen LogP contribution in [0, 0.1) is 0 Å². The van der Waals surface area contributed by atoms with E-state index < -0.39 is 22.1 Å². The number of nitrogen functional groups attached to an aromatic ring is 1. The molecule has 130 valence electrons. The third-order valence-electron chi connectivity index (χ3n) is 2.80. The largest absolute Gasteiger partial charge is 0.573 e. The zero-order valence-electron chi connectivity index (χ0n) is 12.3. The van der Waals surface area contributed by atoms with Crippen LogP contribution in [0.2, 0.25) is 0 Å². The first-order chi connectivity index (χ1) is 11.1. The maximum Gasteiger partial charge on any atom is 0.573 e. The number of nitrogens with one attached hydrogen (secondary N) is 1. The van der Waals surface area contributed by atoms with Gasteiger partial charge in [0.1, 0.15) is 16.4 Å². The van der Waals surface area contributed by atoms with Crippen LogP contribution in [0.15, 0.2) is 47.4 Å². The molecule has 0 atom stereocenters. The van der Waals surface area contributed by atoms with Gasteiger partial charge in [-0.2, -0.15) is 0 Å². The summed E-state index contributed by atoms with van der Waals surface area (Å²) in [5, 5.41) is 0. The lowest BCUT2D eigenvalue weighted by molar-refractivity contribution is -0.274. The predicted octanol–water partition coefficient (Wildman–Crippen LogP) is 2.98. The minimum atomic E-state index is -4.88. The van der Waals surface area contributed by atoms with Crippen LogP contribution in [-0.2, 0) is 10.0 Å². The third-order valence-corrected chi connectivity index (χ3v) is 4.22. The second-order valence-electron chi connectivity index (χ2n) is 4.59. The summed E-state index contributed by atoms with van der Waals surface area (Å²) < 4.78 is 72.3. The molecule has 2 aromatic carbocycles. The van der Waals surface area contributed by atoms with Gasteiger partial charge in [0.05, 0.1) is 12.8 Å². The Balaban J connectivity index is 2.32. The van der Waals surface area contributed by atoms with Gasteiger partial charge < -0.3 is 15.2 Å². The van der Waals surface area contributed by atoms with Crippen LogP contribution in [-0.4, -0.2) is 21.9 Å². The van der Waals surface area contributed by atoms with Gasteiger partial charge in [-0.25, -0.2) is 8.42 Å². The predicted molar refractivity (Wildman–Crippen MR) is 81.3 cm³/mol. The zero-order chi connectivity index (χ0) is 18.0. The van der Waals surface area contributed by atoms with Crippen molar-refractivity contribution in [1.29, 1.82) is 0 Å². The fraction of sp³-hybridized carbons (Fsp3) is 0.143. The summed E-state index contributed by atoms with van der Waals surface area (Å²) in [7, 11) is -2.83. The SMILES string of the molecule is COc1cc(N)ccc1S(=O)(=O)Nc1cccc(OC(F)(F)F)c1. The second kappa shape index (κ2) is 6.48. The van der Waals surface area contributed by atoms with Crippen molar-refractivity contribution >= 4 is 21.4 Å². The lowest BCUT2D eigenvalue weighted by atomic mass is 10.3. The van der Waals surface area contributed by atoms with E-state index in [0.29, 0.717) is 5.69 Å². The number of benzene rings is 2. The van der Waals surface area contributed by atoms with Crippen LogP contribution in [0.5, 0.6) is 11.5 Å². The Hall–Kier alpha value is -2.62. The molecular formula is C14H13F3N2O4S. The number of anilines is 2. The topological polar surface area (TPSA) is 90.7 Å². The van der Waals surface area contributed by atoms with E-state index in [2.05, 4.69) is 9.46 Å². The van der Waals surface area contributed by atoms with Gasteiger partial charge in [-0.15, -0.1) is 13.2 Å². The number of ether oxygens (including phenoxy) is 2. The molecule has 2 aromatic rings. The molecule has 0 aliphatic rings. The third kappa shape index (κ3) is 4.44. The Morgan fingerprint density at radius 1 is 1.12 bits per heavy atom. The van der Waals surface area contributed by atoms with Crippen LogP contribution in [0.1, 0.15) is 0 Å². The van der Waals surface area contributed by atoms with Gasteiger partial charge in [-0.3, -0.25) is 4.72 Å². The van der Waals surface area contributed by atoms with Gasteiger partial charge in [-0.05, 0) is 24.3 Å². The van der Waals surface area contributed by atoms with E-state index in [4.69, 9.17) is 10.5 Å². The van der Waals surface area contributed by atoms with Crippen molar-refractivity contribution in [3.8, 4) is 11.5 Å². The number of methoxy groups -OCH3 is 1. The Morgan fingerprint density at radius 3 is 2.46 bits per heavy atom. The van der Waals surface area contributed by atoms with Gasteiger partial charge in [-0.1, -0.05) is 6.07 Å². The van der Waals surface area contributed by atoms with Crippen molar-refractivity contribution in [3.63, 3.8) is 0 Å². The van der Waals surface area contributed by atoms with Crippen LogP contribution in [0.25, 0.3) is 0 Å². The normalized spacial score (nSPS) is 11.8. The van der Waals surface area contributed by atoms with Crippen molar-refractivity contribution in [2.45, 2.75) is 11.3 Å². The minimum absolute atomic E-state index is 0.00481. The fourth-order valence-electron chi connectivity index (χ4n) is 1.87. The summed E-state index contributed by atoms with van der Waals surface area (Å²) in [6, 6.07) is 8.37. The van der Waals surface area contributed by atoms with E-state index in [-0.39, 0.29) is 16.3 Å². The van der Waals surface area contributed by atoms with Gasteiger partial charge >= 0.3 is 6.36 Å². The highest BCUT2D eigenvalue weighted by molar-refractivity contribution is 7.92. The Labute approximate surface area is 136 Å². The van der Waals surface area contributed by atoms with E-state index in [1.165, 1.54) is 37.4 Å². The van der Waals surface area contributed by atoms with Gasteiger partial charge in [0, 0.05) is 17.8 Å². The van der Waals surface area contributed by atoms with E-state index in [1.54, 1.807) is 0 Å². The van der Waals surface area contributed by atoms with Crippen molar-refractivity contribution < 1.29 is 31.1 Å². The highest BCUT2D eigenvalue weighted by Gasteiger charge is 2.31. The second-order valence-corrected chi connectivity index (χ2v) is 6.24. The molecule has 0 radical (unpaired) electrons. The Morgan fingerprint density at radius 2 is 1.83 bits per heavy atom. The highest BCUT2D eigenvalue weighted by Crippen LogP contribution is 2.29. The molecule has 0 saturated heterocycles.